The van der Waals surface area contributed by atoms with Gasteiger partial charge in [-0.2, -0.15) is 0 Å². The first-order valence-corrected chi connectivity index (χ1v) is 4.78. The molecule has 2 rings (SSSR count). The fourth-order valence-corrected chi connectivity index (χ4v) is 2.17. The first-order chi connectivity index (χ1) is 7.07. The molecule has 2 atom stereocenters. The highest BCUT2D eigenvalue weighted by Gasteiger charge is 2.51. The van der Waals surface area contributed by atoms with E-state index in [0.717, 1.165) is 0 Å². The number of fused-ring (bicyclic) bond motifs is 1. The van der Waals surface area contributed by atoms with Gasteiger partial charge in [-0.25, -0.2) is 9.80 Å². The van der Waals surface area contributed by atoms with Crippen molar-refractivity contribution >= 4 is 29.8 Å². The summed E-state index contributed by atoms with van der Waals surface area (Å²) in [6, 6.07) is -0.113. The van der Waals surface area contributed by atoms with Crippen LogP contribution in [-0.4, -0.2) is 58.8 Å². The van der Waals surface area contributed by atoms with E-state index in [1.807, 2.05) is 0 Å². The maximum atomic E-state index is 11.6. The molecule has 8 heteroatoms. The van der Waals surface area contributed by atoms with Crippen molar-refractivity contribution in [3.05, 3.63) is 0 Å². The number of urea groups is 1. The maximum Gasteiger partial charge on any atom is 0.323 e. The molecular weight excluding hydrogens is 218 g/mol. The molecule has 0 aliphatic carbocycles. The van der Waals surface area contributed by atoms with Crippen LogP contribution in [0.2, 0.25) is 0 Å². The summed E-state index contributed by atoms with van der Waals surface area (Å²) in [6.07, 6.45) is 0.0233. The number of carbonyl (C=O) groups is 2. The summed E-state index contributed by atoms with van der Waals surface area (Å²) in [6.45, 7) is 0. The van der Waals surface area contributed by atoms with Crippen molar-refractivity contribution in [3.63, 3.8) is 0 Å². The van der Waals surface area contributed by atoms with E-state index in [1.54, 1.807) is 19.0 Å². The van der Waals surface area contributed by atoms with Gasteiger partial charge in [0.15, 0.2) is 11.3 Å². The average molecular weight is 229 g/mol. The van der Waals surface area contributed by atoms with Gasteiger partial charge < -0.3 is 15.1 Å². The van der Waals surface area contributed by atoms with Gasteiger partial charge in [-0.3, -0.25) is 10.2 Å². The standard InChI is InChI=1S/C7H11N5O2S/c1-10-4-5(11(2)7(10)14)12(8-3-13)6(15)9-4/h3-5H,1-2H3,(H,8,13)(H,9,15). The second-order valence-corrected chi connectivity index (χ2v) is 3.82. The number of likely N-dealkylation sites (N-methyl/N-ethyl adjacent to an activating group) is 2. The maximum absolute atomic E-state index is 11.6. The third-order valence-corrected chi connectivity index (χ3v) is 2.96. The van der Waals surface area contributed by atoms with E-state index in [9.17, 15) is 9.59 Å². The van der Waals surface area contributed by atoms with Gasteiger partial charge in [0.2, 0.25) is 6.41 Å². The van der Waals surface area contributed by atoms with Crippen LogP contribution >= 0.6 is 12.2 Å². The Balaban J connectivity index is 2.27. The molecule has 0 aromatic rings. The number of hydrogen-bond donors (Lipinski definition) is 2. The Morgan fingerprint density at radius 1 is 1.47 bits per heavy atom. The summed E-state index contributed by atoms with van der Waals surface area (Å²) >= 11 is 5.03. The largest absolute Gasteiger partial charge is 0.337 e. The molecule has 2 fully saturated rings. The van der Waals surface area contributed by atoms with E-state index in [1.165, 1.54) is 9.91 Å². The SMILES string of the molecule is CN1C(=O)N(C)C2C1NC(=S)N2NC=O. The fraction of sp³-hybridized carbons (Fsp3) is 0.571. The summed E-state index contributed by atoms with van der Waals surface area (Å²) in [5, 5.41) is 4.83. The molecule has 3 amide bonds. The summed E-state index contributed by atoms with van der Waals surface area (Å²) in [5.41, 5.74) is 2.47. The highest BCUT2D eigenvalue weighted by atomic mass is 32.1. The average Bonchev–Trinajstić information content (AvgIpc) is 2.62. The Hall–Kier alpha value is -1.57. The van der Waals surface area contributed by atoms with Crippen LogP contribution in [-0.2, 0) is 4.79 Å². The van der Waals surface area contributed by atoms with Gasteiger partial charge in [-0.05, 0) is 12.2 Å². The van der Waals surface area contributed by atoms with Crippen molar-refractivity contribution in [3.8, 4) is 0 Å². The van der Waals surface area contributed by atoms with Crippen LogP contribution < -0.4 is 10.7 Å². The predicted molar refractivity (Wildman–Crippen MR) is 55.3 cm³/mol. The zero-order valence-electron chi connectivity index (χ0n) is 8.30. The second-order valence-electron chi connectivity index (χ2n) is 3.43. The Morgan fingerprint density at radius 3 is 2.73 bits per heavy atom. The number of nitrogens with one attached hydrogen (secondary N) is 2. The minimum absolute atomic E-state index is 0.113. The number of rotatable bonds is 2. The van der Waals surface area contributed by atoms with E-state index in [4.69, 9.17) is 12.2 Å². The summed E-state index contributed by atoms with van der Waals surface area (Å²) in [4.78, 5) is 25.1. The molecule has 2 saturated heterocycles. The predicted octanol–water partition coefficient (Wildman–Crippen LogP) is -1.51. The molecule has 2 N–H and O–H groups in total. The van der Waals surface area contributed by atoms with Gasteiger partial charge in [0, 0.05) is 14.1 Å². The van der Waals surface area contributed by atoms with Crippen LogP contribution in [0.1, 0.15) is 0 Å². The first-order valence-electron chi connectivity index (χ1n) is 4.37. The van der Waals surface area contributed by atoms with E-state index in [-0.39, 0.29) is 18.4 Å². The Morgan fingerprint density at radius 2 is 2.13 bits per heavy atom. The molecule has 82 valence electrons. The third kappa shape index (κ3) is 1.21. The topological polar surface area (TPSA) is 67.9 Å². The van der Waals surface area contributed by atoms with Gasteiger partial charge >= 0.3 is 6.03 Å². The minimum atomic E-state index is -0.291. The van der Waals surface area contributed by atoms with Gasteiger partial charge in [0.05, 0.1) is 0 Å². The lowest BCUT2D eigenvalue weighted by Gasteiger charge is -2.26. The summed E-state index contributed by atoms with van der Waals surface area (Å²) in [7, 11) is 3.35. The van der Waals surface area contributed by atoms with E-state index in [2.05, 4.69) is 10.7 Å². The minimum Gasteiger partial charge on any atom is -0.337 e. The number of nitrogens with zero attached hydrogens (tertiary/aromatic N) is 3. The van der Waals surface area contributed by atoms with Crippen LogP contribution in [0.4, 0.5) is 4.79 Å². The van der Waals surface area contributed by atoms with Crippen molar-refractivity contribution < 1.29 is 9.59 Å². The monoisotopic (exact) mass is 229 g/mol. The first kappa shape index (κ1) is 9.97. The molecule has 0 bridgehead atoms. The van der Waals surface area contributed by atoms with E-state index < -0.39 is 0 Å². The molecule has 2 unspecified atom stereocenters. The lowest BCUT2D eigenvalue weighted by molar-refractivity contribution is -0.113. The van der Waals surface area contributed by atoms with Crippen LogP contribution in [0.15, 0.2) is 0 Å². The van der Waals surface area contributed by atoms with E-state index >= 15 is 0 Å². The molecule has 15 heavy (non-hydrogen) atoms. The third-order valence-electron chi connectivity index (χ3n) is 2.65. The molecule has 0 saturated carbocycles. The number of carbonyl (C=O) groups excluding carboxylic acids is 2. The van der Waals surface area contributed by atoms with Crippen LogP contribution in [0.25, 0.3) is 0 Å². The van der Waals surface area contributed by atoms with Crippen LogP contribution in [0.3, 0.4) is 0 Å². The Bertz CT molecular complexity index is 335. The van der Waals surface area contributed by atoms with Crippen molar-refractivity contribution in [2.24, 2.45) is 0 Å². The van der Waals surface area contributed by atoms with Crippen molar-refractivity contribution in [1.29, 1.82) is 0 Å². The Labute approximate surface area is 91.9 Å². The lowest BCUT2D eigenvalue weighted by atomic mass is 10.4. The molecule has 2 heterocycles. The zero-order chi connectivity index (χ0) is 11.2. The quantitative estimate of drug-likeness (QED) is 0.445. The van der Waals surface area contributed by atoms with Crippen LogP contribution in [0.5, 0.6) is 0 Å². The summed E-state index contributed by atoms with van der Waals surface area (Å²) in [5.74, 6) is 0. The number of thiocarbonyl (C=S) groups is 1. The van der Waals surface area contributed by atoms with Crippen LogP contribution in [0, 0.1) is 0 Å². The zero-order valence-corrected chi connectivity index (χ0v) is 9.11. The molecule has 2 aliphatic rings. The fourth-order valence-electron chi connectivity index (χ4n) is 1.89. The highest BCUT2D eigenvalue weighted by Crippen LogP contribution is 2.24. The van der Waals surface area contributed by atoms with Crippen molar-refractivity contribution in [2.75, 3.05) is 14.1 Å². The highest BCUT2D eigenvalue weighted by molar-refractivity contribution is 7.80. The molecular formula is C7H11N5O2S. The second kappa shape index (κ2) is 3.23. The normalized spacial score (nSPS) is 29.3. The molecule has 0 aromatic heterocycles. The van der Waals surface area contributed by atoms with Gasteiger partial charge in [-0.15, -0.1) is 0 Å². The van der Waals surface area contributed by atoms with Crippen molar-refractivity contribution in [2.45, 2.75) is 12.3 Å². The number of hydrogen-bond acceptors (Lipinski definition) is 3. The Kier molecular flexibility index (Phi) is 2.14. The number of amides is 3. The smallest absolute Gasteiger partial charge is 0.323 e. The van der Waals surface area contributed by atoms with Crippen molar-refractivity contribution in [1.82, 2.24) is 25.6 Å². The molecule has 2 aliphatic heterocycles. The summed E-state index contributed by atoms with van der Waals surface area (Å²) < 4.78 is 0. The molecule has 7 nitrogen and oxygen atoms in total. The number of hydrazine groups is 1. The molecule has 0 spiro atoms. The van der Waals surface area contributed by atoms with Gasteiger partial charge in [0.25, 0.3) is 0 Å². The molecule has 0 radical (unpaired) electrons. The molecule has 0 aromatic carbocycles. The van der Waals surface area contributed by atoms with E-state index in [0.29, 0.717) is 11.5 Å². The van der Waals surface area contributed by atoms with Gasteiger partial charge in [0.1, 0.15) is 6.17 Å². The lowest BCUT2D eigenvalue weighted by Crippen LogP contribution is -2.51. The van der Waals surface area contributed by atoms with Gasteiger partial charge in [-0.1, -0.05) is 0 Å².